The number of aromatic hydroxyl groups is 1. The van der Waals surface area contributed by atoms with Gasteiger partial charge in [0.1, 0.15) is 5.82 Å². The number of hydrogen-bond donors (Lipinski definition) is 1. The summed E-state index contributed by atoms with van der Waals surface area (Å²) in [5.74, 6) is 2.22. The van der Waals surface area contributed by atoms with Crippen LogP contribution in [0.5, 0.6) is 17.4 Å². The number of thiazole rings is 1. The zero-order chi connectivity index (χ0) is 20.5. The quantitative estimate of drug-likeness (QED) is 0.661. The average molecular weight is 418 g/mol. The molecule has 0 aliphatic carbocycles. The highest BCUT2D eigenvalue weighted by Crippen LogP contribution is 2.42. The van der Waals surface area contributed by atoms with Gasteiger partial charge < -0.3 is 19.5 Å². The van der Waals surface area contributed by atoms with Gasteiger partial charge >= 0.3 is 0 Å². The largest absolute Gasteiger partial charge is 0.493 e. The van der Waals surface area contributed by atoms with Crippen LogP contribution in [0.25, 0.3) is 4.96 Å². The first-order chi connectivity index (χ1) is 14.0. The molecule has 1 aromatic carbocycles. The van der Waals surface area contributed by atoms with Crippen LogP contribution in [-0.4, -0.2) is 76.4 Å². The molecule has 29 heavy (non-hydrogen) atoms. The van der Waals surface area contributed by atoms with Crippen LogP contribution in [0.3, 0.4) is 0 Å². The van der Waals surface area contributed by atoms with Crippen molar-refractivity contribution in [1.82, 2.24) is 24.4 Å². The van der Waals surface area contributed by atoms with E-state index in [9.17, 15) is 5.11 Å². The molecule has 0 spiro atoms. The first-order valence-electron chi connectivity index (χ1n) is 9.80. The number of rotatable bonds is 6. The molecule has 4 rings (SSSR count). The first kappa shape index (κ1) is 19.9. The normalized spacial score (nSPS) is 17.0. The smallest absolute Gasteiger partial charge is 0.230 e. The molecule has 1 aliphatic rings. The summed E-state index contributed by atoms with van der Waals surface area (Å²) < 4.78 is 12.8. The summed E-state index contributed by atoms with van der Waals surface area (Å²) in [5, 5.41) is 15.3. The number of methoxy groups -OCH3 is 1. The minimum Gasteiger partial charge on any atom is -0.493 e. The van der Waals surface area contributed by atoms with E-state index in [-0.39, 0.29) is 11.9 Å². The van der Waals surface area contributed by atoms with E-state index >= 15 is 0 Å². The van der Waals surface area contributed by atoms with Gasteiger partial charge in [-0.05, 0) is 38.6 Å². The van der Waals surface area contributed by atoms with Crippen molar-refractivity contribution in [2.75, 3.05) is 46.9 Å². The fourth-order valence-electron chi connectivity index (χ4n) is 3.76. The molecule has 0 radical (unpaired) electrons. The number of ether oxygens (including phenoxy) is 2. The predicted octanol–water partition coefficient (Wildman–Crippen LogP) is 2.55. The Bertz CT molecular complexity index is 994. The third kappa shape index (κ3) is 3.77. The van der Waals surface area contributed by atoms with Crippen molar-refractivity contribution < 1.29 is 14.6 Å². The number of hydrogen-bond acceptors (Lipinski definition) is 8. The predicted molar refractivity (Wildman–Crippen MR) is 112 cm³/mol. The lowest BCUT2D eigenvalue weighted by atomic mass is 10.0. The molecule has 1 aliphatic heterocycles. The van der Waals surface area contributed by atoms with Crippen LogP contribution in [0.1, 0.15) is 29.2 Å². The van der Waals surface area contributed by atoms with E-state index in [1.54, 1.807) is 7.11 Å². The highest BCUT2D eigenvalue weighted by Gasteiger charge is 2.31. The van der Waals surface area contributed by atoms with E-state index in [1.807, 2.05) is 26.0 Å². The molecule has 0 amide bonds. The summed E-state index contributed by atoms with van der Waals surface area (Å²) in [4.78, 5) is 10.7. The molecule has 3 aromatic rings. The van der Waals surface area contributed by atoms with Crippen LogP contribution in [0.15, 0.2) is 18.2 Å². The van der Waals surface area contributed by atoms with Gasteiger partial charge in [0.25, 0.3) is 0 Å². The zero-order valence-electron chi connectivity index (χ0n) is 17.3. The highest BCUT2D eigenvalue weighted by molar-refractivity contribution is 7.17. The van der Waals surface area contributed by atoms with Crippen LogP contribution >= 0.6 is 11.3 Å². The summed E-state index contributed by atoms with van der Waals surface area (Å²) in [6, 6.07) is 5.90. The van der Waals surface area contributed by atoms with Crippen molar-refractivity contribution in [3.63, 3.8) is 0 Å². The van der Waals surface area contributed by atoms with Crippen molar-refractivity contribution in [1.29, 1.82) is 0 Å². The molecule has 1 N–H and O–H groups in total. The van der Waals surface area contributed by atoms with E-state index in [2.05, 4.69) is 33.0 Å². The van der Waals surface area contributed by atoms with Crippen molar-refractivity contribution in [2.24, 2.45) is 0 Å². The van der Waals surface area contributed by atoms with Crippen molar-refractivity contribution in [2.45, 2.75) is 19.9 Å². The first-order valence-corrected chi connectivity index (χ1v) is 10.6. The number of aromatic nitrogens is 3. The van der Waals surface area contributed by atoms with Gasteiger partial charge in [-0.15, -0.1) is 5.10 Å². The second kappa shape index (κ2) is 8.17. The molecule has 0 bridgehead atoms. The van der Waals surface area contributed by atoms with Gasteiger partial charge in [-0.1, -0.05) is 17.4 Å². The average Bonchev–Trinajstić information content (AvgIpc) is 3.22. The molecule has 2 aromatic heterocycles. The standard InChI is InChI=1S/C20H27N5O3S/c1-5-28-15-7-6-14(12-16(15)27-4)17(24-10-8-23(3)9-11-24)18-19(26)25-20(29-18)21-13(2)22-25/h6-7,12,17,26H,5,8-11H2,1-4H3/t17-/m1/s1. The Hall–Kier alpha value is -2.36. The molecule has 9 heteroatoms. The summed E-state index contributed by atoms with van der Waals surface area (Å²) in [5.41, 5.74) is 1.05. The molecule has 1 fully saturated rings. The van der Waals surface area contributed by atoms with Crippen molar-refractivity contribution >= 4 is 16.3 Å². The number of fused-ring (bicyclic) bond motifs is 1. The van der Waals surface area contributed by atoms with Crippen LogP contribution < -0.4 is 9.47 Å². The van der Waals surface area contributed by atoms with Crippen LogP contribution in [-0.2, 0) is 0 Å². The molecule has 0 unspecified atom stereocenters. The number of piperazine rings is 1. The van der Waals surface area contributed by atoms with Crippen LogP contribution in [0.2, 0.25) is 0 Å². The minimum atomic E-state index is -0.109. The maximum absolute atomic E-state index is 11.0. The third-order valence-electron chi connectivity index (χ3n) is 5.26. The number of likely N-dealkylation sites (N-methyl/N-ethyl adjacent to an activating group) is 1. The Morgan fingerprint density at radius 3 is 2.62 bits per heavy atom. The highest BCUT2D eigenvalue weighted by atomic mass is 32.1. The van der Waals surface area contributed by atoms with Crippen LogP contribution in [0, 0.1) is 6.92 Å². The SMILES string of the molecule is CCOc1ccc([C@H](c2sc3nc(C)nn3c2O)N2CCN(C)CC2)cc1OC. The van der Waals surface area contributed by atoms with E-state index in [0.29, 0.717) is 23.1 Å². The summed E-state index contributed by atoms with van der Waals surface area (Å²) >= 11 is 1.48. The Morgan fingerprint density at radius 2 is 1.97 bits per heavy atom. The topological polar surface area (TPSA) is 75.4 Å². The number of aryl methyl sites for hydroxylation is 1. The second-order valence-electron chi connectivity index (χ2n) is 7.23. The number of benzene rings is 1. The van der Waals surface area contributed by atoms with Gasteiger partial charge in [-0.3, -0.25) is 4.90 Å². The summed E-state index contributed by atoms with van der Waals surface area (Å²) in [6.07, 6.45) is 0. The molecule has 156 valence electrons. The molecule has 1 atom stereocenters. The molecule has 0 saturated carbocycles. The Kier molecular flexibility index (Phi) is 5.62. The Balaban J connectivity index is 1.80. The van der Waals surface area contributed by atoms with E-state index in [4.69, 9.17) is 9.47 Å². The fourth-order valence-corrected chi connectivity index (χ4v) is 4.93. The lowest BCUT2D eigenvalue weighted by Gasteiger charge is -2.37. The van der Waals surface area contributed by atoms with E-state index < -0.39 is 0 Å². The van der Waals surface area contributed by atoms with Crippen molar-refractivity contribution in [3.05, 3.63) is 34.5 Å². The zero-order valence-corrected chi connectivity index (χ0v) is 18.1. The van der Waals surface area contributed by atoms with Gasteiger partial charge in [0.05, 0.1) is 24.6 Å². The van der Waals surface area contributed by atoms with Gasteiger partial charge in [-0.2, -0.15) is 4.52 Å². The molecule has 8 nitrogen and oxygen atoms in total. The molecule has 3 heterocycles. The molecular weight excluding hydrogens is 390 g/mol. The monoisotopic (exact) mass is 417 g/mol. The molecular formula is C20H27N5O3S. The Labute approximate surface area is 174 Å². The summed E-state index contributed by atoms with van der Waals surface area (Å²) in [6.45, 7) is 8.12. The Morgan fingerprint density at radius 1 is 1.21 bits per heavy atom. The fraction of sp³-hybridized carbons (Fsp3) is 0.500. The van der Waals surface area contributed by atoms with Gasteiger partial charge in [-0.25, -0.2) is 4.98 Å². The van der Waals surface area contributed by atoms with Gasteiger partial charge in [0, 0.05) is 26.2 Å². The van der Waals surface area contributed by atoms with Gasteiger partial charge in [0.2, 0.25) is 10.8 Å². The van der Waals surface area contributed by atoms with Crippen molar-refractivity contribution in [3.8, 4) is 17.4 Å². The van der Waals surface area contributed by atoms with Crippen LogP contribution in [0.4, 0.5) is 0 Å². The lowest BCUT2D eigenvalue weighted by molar-refractivity contribution is 0.127. The van der Waals surface area contributed by atoms with Gasteiger partial charge in [0.15, 0.2) is 11.5 Å². The minimum absolute atomic E-state index is 0.109. The number of nitrogens with zero attached hydrogens (tertiary/aromatic N) is 5. The maximum atomic E-state index is 11.0. The third-order valence-corrected chi connectivity index (χ3v) is 6.33. The lowest BCUT2D eigenvalue weighted by Crippen LogP contribution is -2.46. The summed E-state index contributed by atoms with van der Waals surface area (Å²) in [7, 11) is 3.78. The maximum Gasteiger partial charge on any atom is 0.230 e. The molecule has 1 saturated heterocycles. The van der Waals surface area contributed by atoms with E-state index in [1.165, 1.54) is 15.9 Å². The second-order valence-corrected chi connectivity index (χ2v) is 8.24. The van der Waals surface area contributed by atoms with E-state index in [0.717, 1.165) is 42.4 Å².